The summed E-state index contributed by atoms with van der Waals surface area (Å²) in [6, 6.07) is 20.3. The highest BCUT2D eigenvalue weighted by atomic mass is 16.2. The lowest BCUT2D eigenvalue weighted by Crippen LogP contribution is -2.51. The first-order chi connectivity index (χ1) is 14.0. The maximum absolute atomic E-state index is 13.8. The van der Waals surface area contributed by atoms with Crippen LogP contribution in [0.5, 0.6) is 0 Å². The number of benzene rings is 2. The first kappa shape index (κ1) is 16.7. The van der Waals surface area contributed by atoms with Crippen molar-refractivity contribution < 1.29 is 9.59 Å². The number of carbonyl (C=O) groups excluding carboxylic acids is 2. The van der Waals surface area contributed by atoms with Gasteiger partial charge in [-0.3, -0.25) is 9.59 Å². The maximum atomic E-state index is 13.8. The third-order valence-corrected chi connectivity index (χ3v) is 7.24. The van der Waals surface area contributed by atoms with E-state index in [1.54, 1.807) is 6.20 Å². The molecule has 0 unspecified atom stereocenters. The van der Waals surface area contributed by atoms with Crippen molar-refractivity contribution in [3.63, 3.8) is 0 Å². The Labute approximate surface area is 169 Å². The Hall–Kier alpha value is -3.27. The molecule has 4 aliphatic rings. The fraction of sp³-hybridized carbons (Fsp3) is 0.240. The molecule has 1 aliphatic heterocycles. The Bertz CT molecular complexity index is 1170. The zero-order chi connectivity index (χ0) is 19.9. The molecule has 2 aromatic carbocycles. The van der Waals surface area contributed by atoms with Gasteiger partial charge in [0, 0.05) is 17.5 Å². The number of nitrogens with zero attached hydrogens (tertiary/aromatic N) is 2. The number of rotatable bonds is 1. The second-order valence-electron chi connectivity index (χ2n) is 8.51. The number of aromatic nitrogens is 1. The monoisotopic (exact) mass is 380 g/mol. The van der Waals surface area contributed by atoms with Crippen molar-refractivity contribution in [1.29, 1.82) is 0 Å². The van der Waals surface area contributed by atoms with Gasteiger partial charge < -0.3 is 0 Å². The molecule has 2 bridgehead atoms. The number of aryl methyl sites for hydroxylation is 1. The van der Waals surface area contributed by atoms with E-state index >= 15 is 0 Å². The van der Waals surface area contributed by atoms with Gasteiger partial charge in [-0.15, -0.1) is 0 Å². The zero-order valence-corrected chi connectivity index (χ0v) is 16.3. The molecule has 3 aliphatic carbocycles. The summed E-state index contributed by atoms with van der Waals surface area (Å²) in [6.07, 6.45) is 1.64. The Kier molecular flexibility index (Phi) is 3.11. The van der Waals surface area contributed by atoms with Crippen LogP contribution < -0.4 is 4.90 Å². The van der Waals surface area contributed by atoms with Gasteiger partial charge in [-0.2, -0.15) is 0 Å². The summed E-state index contributed by atoms with van der Waals surface area (Å²) in [5.41, 5.74) is 5.00. The van der Waals surface area contributed by atoms with Gasteiger partial charge >= 0.3 is 0 Å². The lowest BCUT2D eigenvalue weighted by molar-refractivity contribution is -0.123. The van der Waals surface area contributed by atoms with Crippen LogP contribution in [0.2, 0.25) is 0 Å². The summed E-state index contributed by atoms with van der Waals surface area (Å²) < 4.78 is 0. The summed E-state index contributed by atoms with van der Waals surface area (Å²) in [6.45, 7) is 4.03. The molecular weight excluding hydrogens is 360 g/mol. The number of imide groups is 1. The third-order valence-electron chi connectivity index (χ3n) is 7.24. The van der Waals surface area contributed by atoms with E-state index in [1.807, 2.05) is 43.3 Å². The molecule has 0 spiro atoms. The number of carbonyl (C=O) groups is 2. The highest BCUT2D eigenvalue weighted by Crippen LogP contribution is 2.64. The summed E-state index contributed by atoms with van der Waals surface area (Å²) in [5.74, 6) is -0.682. The van der Waals surface area contributed by atoms with Crippen LogP contribution in [0.4, 0.5) is 5.82 Å². The summed E-state index contributed by atoms with van der Waals surface area (Å²) in [4.78, 5) is 33.3. The van der Waals surface area contributed by atoms with E-state index in [2.05, 4.69) is 36.2 Å². The average Bonchev–Trinajstić information content (AvgIpc) is 3.01. The molecule has 2 heterocycles. The minimum Gasteiger partial charge on any atom is -0.274 e. The van der Waals surface area contributed by atoms with Crippen LogP contribution in [0.3, 0.4) is 0 Å². The lowest BCUT2D eigenvalue weighted by atomic mass is 9.48. The fourth-order valence-corrected chi connectivity index (χ4v) is 6.07. The highest BCUT2D eigenvalue weighted by Gasteiger charge is 2.66. The van der Waals surface area contributed by atoms with E-state index < -0.39 is 17.3 Å². The molecule has 0 radical (unpaired) electrons. The Balaban J connectivity index is 1.64. The van der Waals surface area contributed by atoms with Crippen LogP contribution in [-0.2, 0) is 15.0 Å². The molecule has 1 aromatic heterocycles. The van der Waals surface area contributed by atoms with E-state index in [0.29, 0.717) is 5.82 Å². The number of hydrogen-bond donors (Lipinski definition) is 0. The Morgan fingerprint density at radius 1 is 0.862 bits per heavy atom. The zero-order valence-electron chi connectivity index (χ0n) is 16.3. The maximum Gasteiger partial charge on any atom is 0.240 e. The van der Waals surface area contributed by atoms with E-state index in [-0.39, 0.29) is 17.7 Å². The fourth-order valence-electron chi connectivity index (χ4n) is 6.07. The minimum atomic E-state index is -0.531. The standard InChI is InChI=1S/C25H20N2O2/c1-14-8-7-13-26-22(14)27-23(28)20-19-15-9-3-5-11-17(15)25(2,21(20)24(27)29)18-12-6-4-10-16(18)19/h3-13,19-21H,1-2H3/t19?,20-,21+,25?/m0/s1. The molecule has 2 atom stereocenters. The van der Waals surface area contributed by atoms with Gasteiger partial charge in [-0.1, -0.05) is 61.5 Å². The molecule has 2 amide bonds. The third kappa shape index (κ3) is 1.82. The van der Waals surface area contributed by atoms with Crippen LogP contribution in [0.1, 0.15) is 40.7 Å². The minimum absolute atomic E-state index is 0.0975. The predicted octanol–water partition coefficient (Wildman–Crippen LogP) is 3.96. The molecule has 0 N–H and O–H groups in total. The van der Waals surface area contributed by atoms with Crippen molar-refractivity contribution in [2.75, 3.05) is 4.90 Å². The predicted molar refractivity (Wildman–Crippen MR) is 110 cm³/mol. The second kappa shape index (κ2) is 5.41. The van der Waals surface area contributed by atoms with Gasteiger partial charge in [0.25, 0.3) is 0 Å². The van der Waals surface area contributed by atoms with Crippen molar-refractivity contribution in [3.05, 3.63) is 94.7 Å². The van der Waals surface area contributed by atoms with Gasteiger partial charge in [0.05, 0.1) is 11.8 Å². The van der Waals surface area contributed by atoms with Crippen molar-refractivity contribution >= 4 is 17.6 Å². The van der Waals surface area contributed by atoms with Gasteiger partial charge in [-0.05, 0) is 40.8 Å². The number of hydrogen-bond acceptors (Lipinski definition) is 3. The summed E-state index contributed by atoms with van der Waals surface area (Å²) in [7, 11) is 0. The van der Waals surface area contributed by atoms with Crippen LogP contribution in [0.15, 0.2) is 66.9 Å². The number of amides is 2. The number of anilines is 1. The molecule has 7 rings (SSSR count). The quantitative estimate of drug-likeness (QED) is 0.601. The van der Waals surface area contributed by atoms with E-state index in [9.17, 15) is 9.59 Å². The topological polar surface area (TPSA) is 50.3 Å². The van der Waals surface area contributed by atoms with Crippen molar-refractivity contribution in [2.24, 2.45) is 11.8 Å². The first-order valence-electron chi connectivity index (χ1n) is 10.0. The Morgan fingerprint density at radius 3 is 2.10 bits per heavy atom. The molecule has 3 aromatic rings. The SMILES string of the molecule is Cc1cccnc1N1C(=O)[C@H]2C3c4ccccc4C(C)(c4ccccc43)[C@H]2C1=O. The van der Waals surface area contributed by atoms with Gasteiger partial charge in [0.15, 0.2) is 0 Å². The highest BCUT2D eigenvalue weighted by molar-refractivity contribution is 6.23. The second-order valence-corrected chi connectivity index (χ2v) is 8.51. The van der Waals surface area contributed by atoms with Crippen LogP contribution in [0, 0.1) is 18.8 Å². The van der Waals surface area contributed by atoms with E-state index in [4.69, 9.17) is 0 Å². The summed E-state index contributed by atoms with van der Waals surface area (Å²) >= 11 is 0. The number of pyridine rings is 1. The van der Waals surface area contributed by atoms with Crippen LogP contribution >= 0.6 is 0 Å². The lowest BCUT2D eigenvalue weighted by Gasteiger charge is -2.52. The van der Waals surface area contributed by atoms with Crippen molar-refractivity contribution in [2.45, 2.75) is 25.2 Å². The normalized spacial score (nSPS) is 28.9. The molecule has 4 nitrogen and oxygen atoms in total. The van der Waals surface area contributed by atoms with Crippen LogP contribution in [0.25, 0.3) is 0 Å². The molecule has 1 saturated heterocycles. The average molecular weight is 380 g/mol. The molecule has 142 valence electrons. The van der Waals surface area contributed by atoms with E-state index in [1.165, 1.54) is 27.2 Å². The van der Waals surface area contributed by atoms with Crippen molar-refractivity contribution in [3.8, 4) is 0 Å². The largest absolute Gasteiger partial charge is 0.274 e. The Morgan fingerprint density at radius 2 is 1.48 bits per heavy atom. The van der Waals surface area contributed by atoms with Crippen LogP contribution in [-0.4, -0.2) is 16.8 Å². The van der Waals surface area contributed by atoms with Crippen molar-refractivity contribution in [1.82, 2.24) is 4.98 Å². The molecule has 0 saturated carbocycles. The molecule has 4 heteroatoms. The van der Waals surface area contributed by atoms with Gasteiger partial charge in [0.2, 0.25) is 11.8 Å². The molecular formula is C25H20N2O2. The van der Waals surface area contributed by atoms with Gasteiger partial charge in [0.1, 0.15) is 5.82 Å². The van der Waals surface area contributed by atoms with Gasteiger partial charge in [-0.25, -0.2) is 9.88 Å². The molecule has 1 fully saturated rings. The smallest absolute Gasteiger partial charge is 0.240 e. The molecule has 29 heavy (non-hydrogen) atoms. The summed E-state index contributed by atoms with van der Waals surface area (Å²) in [5, 5.41) is 0. The van der Waals surface area contributed by atoms with E-state index in [0.717, 1.165) is 5.56 Å². The first-order valence-corrected chi connectivity index (χ1v) is 10.0.